The van der Waals surface area contributed by atoms with Crippen LogP contribution in [0.3, 0.4) is 0 Å². The molecule has 3 atom stereocenters. The predicted molar refractivity (Wildman–Crippen MR) is 65.5 cm³/mol. The molecule has 3 rings (SSSR count). The van der Waals surface area contributed by atoms with E-state index in [-0.39, 0.29) is 5.41 Å². The maximum Gasteiger partial charge on any atom is 0.333 e. The summed E-state index contributed by atoms with van der Waals surface area (Å²) in [5.74, 6) is 0.0365. The van der Waals surface area contributed by atoms with Gasteiger partial charge in [-0.05, 0) is 30.1 Å². The van der Waals surface area contributed by atoms with Crippen LogP contribution in [0, 0.1) is 22.7 Å². The third kappa shape index (κ3) is 1.63. The van der Waals surface area contributed by atoms with Gasteiger partial charge in [-0.3, -0.25) is 0 Å². The Balaban J connectivity index is 2.29. The first-order chi connectivity index (χ1) is 7.69. The molecular formula is C14H22O3. The first-order valence-corrected chi connectivity index (χ1v) is 6.30. The summed E-state index contributed by atoms with van der Waals surface area (Å²) in [7, 11) is 0. The van der Waals surface area contributed by atoms with Gasteiger partial charge in [0.1, 0.15) is 0 Å². The van der Waals surface area contributed by atoms with E-state index in [1.54, 1.807) is 0 Å². The summed E-state index contributed by atoms with van der Waals surface area (Å²) in [5.41, 5.74) is 0.735. The molecule has 96 valence electrons. The lowest BCUT2D eigenvalue weighted by Gasteiger charge is -2.59. The Bertz CT molecular complexity index is 379. The predicted octanol–water partition coefficient (Wildman–Crippen LogP) is 2.45. The molecule has 0 heterocycles. The van der Waals surface area contributed by atoms with Crippen molar-refractivity contribution in [3.05, 3.63) is 11.6 Å². The average Bonchev–Trinajstić information content (AvgIpc) is 2.27. The molecule has 0 saturated heterocycles. The molecule has 3 aliphatic rings. The minimum atomic E-state index is -1.32. The molecule has 0 aliphatic heterocycles. The Morgan fingerprint density at radius 2 is 2.12 bits per heavy atom. The number of aliphatic hydroxyl groups excluding tert-OH is 1. The molecule has 0 spiro atoms. The quantitative estimate of drug-likeness (QED) is 0.742. The number of fused-ring (bicyclic) bond motifs is 1. The molecule has 3 unspecified atom stereocenters. The van der Waals surface area contributed by atoms with Gasteiger partial charge in [-0.15, -0.1) is 0 Å². The summed E-state index contributed by atoms with van der Waals surface area (Å²) in [6, 6.07) is 0. The van der Waals surface area contributed by atoms with Gasteiger partial charge in [-0.1, -0.05) is 39.3 Å². The second kappa shape index (κ2) is 3.58. The Kier molecular flexibility index (Phi) is 2.66. The molecule has 1 saturated carbocycles. The molecule has 3 aliphatic carbocycles. The van der Waals surface area contributed by atoms with Crippen molar-refractivity contribution < 1.29 is 15.0 Å². The van der Waals surface area contributed by atoms with Crippen LogP contribution in [0.2, 0.25) is 0 Å². The maximum absolute atomic E-state index is 11.0. The molecule has 0 radical (unpaired) electrons. The molecule has 3 nitrogen and oxygen atoms in total. The van der Waals surface area contributed by atoms with E-state index in [0.717, 1.165) is 24.3 Å². The molecule has 3 heteroatoms. The smallest absolute Gasteiger partial charge is 0.333 e. The second-order valence-electron chi connectivity index (χ2n) is 6.66. The summed E-state index contributed by atoms with van der Waals surface area (Å²) in [4.78, 5) is 11.0. The van der Waals surface area contributed by atoms with Crippen molar-refractivity contribution in [1.82, 2.24) is 0 Å². The number of rotatable bonds is 3. The van der Waals surface area contributed by atoms with Crippen molar-refractivity contribution in [2.75, 3.05) is 0 Å². The summed E-state index contributed by atoms with van der Waals surface area (Å²) >= 11 is 0. The van der Waals surface area contributed by atoms with Gasteiger partial charge >= 0.3 is 5.97 Å². The first kappa shape index (κ1) is 12.6. The highest BCUT2D eigenvalue weighted by atomic mass is 16.4. The Morgan fingerprint density at radius 3 is 2.53 bits per heavy atom. The lowest BCUT2D eigenvalue weighted by atomic mass is 9.46. The summed E-state index contributed by atoms with van der Waals surface area (Å²) in [6.45, 7) is 8.18. The Morgan fingerprint density at radius 1 is 1.53 bits per heavy atom. The van der Waals surface area contributed by atoms with E-state index in [0.29, 0.717) is 5.92 Å². The minimum absolute atomic E-state index is 0.263. The third-order valence-corrected chi connectivity index (χ3v) is 5.13. The molecule has 2 N–H and O–H groups in total. The number of hydrogen-bond donors (Lipinski definition) is 2. The molecule has 0 aromatic rings. The summed E-state index contributed by atoms with van der Waals surface area (Å²) in [6.07, 6.45) is 3.01. The second-order valence-corrected chi connectivity index (χ2v) is 6.66. The largest absolute Gasteiger partial charge is 0.479 e. The molecule has 2 bridgehead atoms. The van der Waals surface area contributed by atoms with E-state index in [4.69, 9.17) is 5.11 Å². The Labute approximate surface area is 103 Å². The Hall–Kier alpha value is -0.830. The van der Waals surface area contributed by atoms with E-state index >= 15 is 0 Å². The number of aliphatic carboxylic acids is 1. The topological polar surface area (TPSA) is 57.5 Å². The lowest BCUT2D eigenvalue weighted by molar-refractivity contribution is -0.153. The zero-order valence-corrected chi connectivity index (χ0v) is 11.0. The van der Waals surface area contributed by atoms with Gasteiger partial charge in [0.25, 0.3) is 0 Å². The van der Waals surface area contributed by atoms with Gasteiger partial charge in [-0.2, -0.15) is 0 Å². The normalized spacial score (nSPS) is 32.4. The van der Waals surface area contributed by atoms with Gasteiger partial charge in [0.05, 0.1) is 0 Å². The van der Waals surface area contributed by atoms with Gasteiger partial charge in [0.2, 0.25) is 0 Å². The van der Waals surface area contributed by atoms with E-state index in [1.807, 2.05) is 13.8 Å². The highest BCUT2D eigenvalue weighted by molar-refractivity contribution is 5.74. The van der Waals surface area contributed by atoms with E-state index in [9.17, 15) is 9.90 Å². The van der Waals surface area contributed by atoms with Crippen molar-refractivity contribution >= 4 is 5.97 Å². The highest BCUT2D eigenvalue weighted by Gasteiger charge is 2.55. The van der Waals surface area contributed by atoms with Gasteiger partial charge in [0, 0.05) is 5.41 Å². The van der Waals surface area contributed by atoms with Crippen LogP contribution in [0.4, 0.5) is 0 Å². The lowest BCUT2D eigenvalue weighted by Crippen LogP contribution is -2.53. The van der Waals surface area contributed by atoms with Crippen molar-refractivity contribution in [3.8, 4) is 0 Å². The number of carbonyl (C=O) groups is 1. The fourth-order valence-electron chi connectivity index (χ4n) is 3.53. The molecule has 1 fully saturated rings. The van der Waals surface area contributed by atoms with Crippen LogP contribution in [0.5, 0.6) is 0 Å². The fraction of sp³-hybridized carbons (Fsp3) is 0.786. The van der Waals surface area contributed by atoms with Crippen LogP contribution < -0.4 is 0 Å². The van der Waals surface area contributed by atoms with Gasteiger partial charge in [0.15, 0.2) is 6.10 Å². The van der Waals surface area contributed by atoms with E-state index in [1.165, 1.54) is 0 Å². The fourth-order valence-corrected chi connectivity index (χ4v) is 3.53. The van der Waals surface area contributed by atoms with Crippen LogP contribution >= 0.6 is 0 Å². The molecular weight excluding hydrogens is 216 g/mol. The van der Waals surface area contributed by atoms with Crippen LogP contribution in [-0.2, 0) is 4.79 Å². The minimum Gasteiger partial charge on any atom is -0.479 e. The number of aliphatic hydroxyl groups is 1. The van der Waals surface area contributed by atoms with Crippen molar-refractivity contribution in [1.29, 1.82) is 0 Å². The SMILES string of the molecule is CC(C)(C1=CCC2CC1C2(C)C)C(O)C(=O)O. The van der Waals surface area contributed by atoms with E-state index < -0.39 is 17.5 Å². The summed E-state index contributed by atoms with van der Waals surface area (Å²) in [5, 5.41) is 18.9. The number of allylic oxidation sites excluding steroid dienone is 1. The third-order valence-electron chi connectivity index (χ3n) is 5.13. The molecule has 0 amide bonds. The maximum atomic E-state index is 11.0. The van der Waals surface area contributed by atoms with Crippen LogP contribution in [0.1, 0.15) is 40.5 Å². The van der Waals surface area contributed by atoms with Crippen LogP contribution in [0.15, 0.2) is 11.6 Å². The zero-order chi connectivity index (χ0) is 13.0. The molecule has 0 aromatic heterocycles. The van der Waals surface area contributed by atoms with Crippen LogP contribution in [-0.4, -0.2) is 22.3 Å². The van der Waals surface area contributed by atoms with Gasteiger partial charge < -0.3 is 10.2 Å². The average molecular weight is 238 g/mol. The number of carboxylic acids is 1. The first-order valence-electron chi connectivity index (χ1n) is 6.30. The molecule has 0 aromatic carbocycles. The van der Waals surface area contributed by atoms with Crippen molar-refractivity contribution in [3.63, 3.8) is 0 Å². The summed E-state index contributed by atoms with van der Waals surface area (Å²) < 4.78 is 0. The van der Waals surface area contributed by atoms with Crippen LogP contribution in [0.25, 0.3) is 0 Å². The van der Waals surface area contributed by atoms with E-state index in [2.05, 4.69) is 19.9 Å². The zero-order valence-electron chi connectivity index (χ0n) is 11.0. The van der Waals surface area contributed by atoms with Crippen molar-refractivity contribution in [2.45, 2.75) is 46.6 Å². The highest BCUT2D eigenvalue weighted by Crippen LogP contribution is 2.62. The van der Waals surface area contributed by atoms with Gasteiger partial charge in [-0.25, -0.2) is 4.79 Å². The molecule has 17 heavy (non-hydrogen) atoms. The van der Waals surface area contributed by atoms with Crippen molar-refractivity contribution in [2.24, 2.45) is 22.7 Å². The standard InChI is InChI=1S/C14H22O3/c1-13(2)8-5-6-9(10(13)7-8)14(3,4)11(15)12(16)17/h6,8,10-11,15H,5,7H2,1-4H3,(H,16,17). The monoisotopic (exact) mass is 238 g/mol. The number of hydrogen-bond acceptors (Lipinski definition) is 2. The number of carboxylic acid groups (broad SMARTS) is 1.